The van der Waals surface area contributed by atoms with Crippen molar-refractivity contribution in [2.24, 2.45) is 0 Å². The summed E-state index contributed by atoms with van der Waals surface area (Å²) in [4.78, 5) is 16.7. The molecule has 0 N–H and O–H groups in total. The van der Waals surface area contributed by atoms with Crippen molar-refractivity contribution in [3.8, 4) is 11.5 Å². The van der Waals surface area contributed by atoms with Crippen LogP contribution in [0.3, 0.4) is 0 Å². The average molecular weight is 528 g/mol. The molecule has 0 atom stereocenters. The Balaban J connectivity index is 0.00000380. The summed E-state index contributed by atoms with van der Waals surface area (Å²) in [6.45, 7) is 9.37. The lowest BCUT2D eigenvalue weighted by molar-refractivity contribution is -0.385. The van der Waals surface area contributed by atoms with Gasteiger partial charge in [0.05, 0.1) is 16.5 Å². The number of aryl methyl sites for hydroxylation is 1. The molecular weight excluding hydrogens is 486 g/mol. The van der Waals surface area contributed by atoms with Crippen molar-refractivity contribution in [1.82, 2.24) is 9.80 Å². The SMILES string of the molecule is C.CCOc1cc(OC2CCN(C(=S)CCN3CCC(c4ccc(C)cc4)CC3)CC2)ccc1[N+](=O)[O-]. The van der Waals surface area contributed by atoms with Crippen LogP contribution in [0.2, 0.25) is 0 Å². The molecule has 0 saturated carbocycles. The van der Waals surface area contributed by atoms with Gasteiger partial charge in [0.1, 0.15) is 11.9 Å². The van der Waals surface area contributed by atoms with Gasteiger partial charge in [0, 0.05) is 51.0 Å². The van der Waals surface area contributed by atoms with Crippen molar-refractivity contribution in [3.63, 3.8) is 0 Å². The zero-order valence-corrected chi connectivity index (χ0v) is 22.2. The second-order valence-corrected chi connectivity index (χ2v) is 10.3. The predicted octanol–water partition coefficient (Wildman–Crippen LogP) is 6.38. The Morgan fingerprint density at radius 2 is 1.73 bits per heavy atom. The summed E-state index contributed by atoms with van der Waals surface area (Å²) in [7, 11) is 0. The van der Waals surface area contributed by atoms with Crippen LogP contribution in [0.4, 0.5) is 5.69 Å². The van der Waals surface area contributed by atoms with E-state index in [1.165, 1.54) is 30.0 Å². The Labute approximate surface area is 226 Å². The molecular formula is C29H41N3O4S. The molecule has 2 aliphatic heterocycles. The summed E-state index contributed by atoms with van der Waals surface area (Å²) in [5, 5.41) is 11.2. The smallest absolute Gasteiger partial charge is 0.311 e. The topological polar surface area (TPSA) is 68.1 Å². The van der Waals surface area contributed by atoms with E-state index in [2.05, 4.69) is 41.0 Å². The highest BCUT2D eigenvalue weighted by atomic mass is 32.1. The molecule has 2 aliphatic rings. The van der Waals surface area contributed by atoms with Crippen molar-refractivity contribution < 1.29 is 14.4 Å². The standard InChI is InChI=1S/C28H37N3O4S.CH4/c1-3-34-27-20-25(8-9-26(27)31(32)33)35-24-12-18-30(19-13-24)28(36)14-17-29-15-10-23(11-16-29)22-6-4-21(2)5-7-22;/h4-9,20,23-24H,3,10-19H2,1-2H3;1H4. The van der Waals surface area contributed by atoms with Crippen LogP contribution in [-0.2, 0) is 0 Å². The van der Waals surface area contributed by atoms with Gasteiger partial charge in [-0.2, -0.15) is 0 Å². The number of benzene rings is 2. The van der Waals surface area contributed by atoms with E-state index in [1.807, 2.05) is 6.92 Å². The third-order valence-electron chi connectivity index (χ3n) is 7.30. The van der Waals surface area contributed by atoms with E-state index in [4.69, 9.17) is 21.7 Å². The third kappa shape index (κ3) is 7.89. The van der Waals surface area contributed by atoms with Gasteiger partial charge in [0.15, 0.2) is 0 Å². The second kappa shape index (κ2) is 13.7. The van der Waals surface area contributed by atoms with E-state index in [0.29, 0.717) is 18.3 Å². The lowest BCUT2D eigenvalue weighted by Gasteiger charge is -2.36. The second-order valence-electron chi connectivity index (χ2n) is 9.79. The zero-order chi connectivity index (χ0) is 25.5. The van der Waals surface area contributed by atoms with E-state index < -0.39 is 4.92 Å². The van der Waals surface area contributed by atoms with Gasteiger partial charge in [-0.05, 0) is 57.3 Å². The Hall–Kier alpha value is -2.71. The fourth-order valence-electron chi connectivity index (χ4n) is 5.15. The molecule has 37 heavy (non-hydrogen) atoms. The van der Waals surface area contributed by atoms with Crippen LogP contribution in [0.5, 0.6) is 11.5 Å². The third-order valence-corrected chi connectivity index (χ3v) is 7.77. The monoisotopic (exact) mass is 527 g/mol. The van der Waals surface area contributed by atoms with E-state index in [1.54, 1.807) is 12.1 Å². The number of ether oxygens (including phenoxy) is 2. The molecule has 7 nitrogen and oxygen atoms in total. The number of nitrogens with zero attached hydrogens (tertiary/aromatic N) is 3. The Kier molecular flexibility index (Phi) is 10.7. The molecule has 2 aromatic rings. The molecule has 2 aromatic carbocycles. The van der Waals surface area contributed by atoms with Crippen LogP contribution in [0.25, 0.3) is 0 Å². The number of nitro benzene ring substituents is 1. The van der Waals surface area contributed by atoms with Crippen molar-refractivity contribution in [3.05, 3.63) is 63.7 Å². The number of hydrogen-bond acceptors (Lipinski definition) is 6. The highest BCUT2D eigenvalue weighted by Crippen LogP contribution is 2.32. The molecule has 8 heteroatoms. The summed E-state index contributed by atoms with van der Waals surface area (Å²) in [5.41, 5.74) is 2.76. The zero-order valence-electron chi connectivity index (χ0n) is 21.4. The van der Waals surface area contributed by atoms with Gasteiger partial charge < -0.3 is 19.3 Å². The summed E-state index contributed by atoms with van der Waals surface area (Å²) in [6, 6.07) is 13.8. The number of rotatable bonds is 9. The highest BCUT2D eigenvalue weighted by Gasteiger charge is 2.25. The number of hydrogen-bond donors (Lipinski definition) is 0. The molecule has 0 amide bonds. The minimum atomic E-state index is -0.430. The molecule has 2 fully saturated rings. The average Bonchev–Trinajstić information content (AvgIpc) is 2.89. The van der Waals surface area contributed by atoms with Gasteiger partial charge in [-0.3, -0.25) is 10.1 Å². The van der Waals surface area contributed by atoms with Crippen molar-refractivity contribution in [2.45, 2.75) is 65.4 Å². The maximum atomic E-state index is 11.2. The van der Waals surface area contributed by atoms with Crippen LogP contribution in [-0.4, -0.2) is 65.1 Å². The molecule has 0 aliphatic carbocycles. The van der Waals surface area contributed by atoms with E-state index in [-0.39, 0.29) is 25.0 Å². The van der Waals surface area contributed by atoms with Gasteiger partial charge in [-0.1, -0.05) is 49.5 Å². The summed E-state index contributed by atoms with van der Waals surface area (Å²) in [6.07, 6.45) is 5.18. The fourth-order valence-corrected chi connectivity index (χ4v) is 5.42. The molecule has 0 unspecified atom stereocenters. The number of piperidine rings is 2. The maximum absolute atomic E-state index is 11.2. The van der Waals surface area contributed by atoms with Gasteiger partial charge >= 0.3 is 5.69 Å². The normalized spacial score (nSPS) is 17.2. The van der Waals surface area contributed by atoms with Crippen LogP contribution in [0, 0.1) is 17.0 Å². The Morgan fingerprint density at radius 3 is 2.35 bits per heavy atom. The lowest BCUT2D eigenvalue weighted by Crippen LogP contribution is -2.42. The largest absolute Gasteiger partial charge is 0.490 e. The number of nitro groups is 1. The summed E-state index contributed by atoms with van der Waals surface area (Å²) in [5.74, 6) is 1.54. The summed E-state index contributed by atoms with van der Waals surface area (Å²) >= 11 is 5.79. The Bertz CT molecular complexity index is 1030. The van der Waals surface area contributed by atoms with Gasteiger partial charge in [0.25, 0.3) is 0 Å². The van der Waals surface area contributed by atoms with E-state index >= 15 is 0 Å². The lowest BCUT2D eigenvalue weighted by atomic mass is 9.89. The predicted molar refractivity (Wildman–Crippen MR) is 153 cm³/mol. The highest BCUT2D eigenvalue weighted by molar-refractivity contribution is 7.80. The minimum absolute atomic E-state index is 0. The molecule has 0 aromatic heterocycles. The number of likely N-dealkylation sites (tertiary alicyclic amines) is 2. The molecule has 0 radical (unpaired) electrons. The van der Waals surface area contributed by atoms with Crippen LogP contribution < -0.4 is 9.47 Å². The first-order valence-electron chi connectivity index (χ1n) is 13.1. The molecule has 0 spiro atoms. The van der Waals surface area contributed by atoms with Crippen LogP contribution in [0.1, 0.15) is 63.5 Å². The van der Waals surface area contributed by atoms with Gasteiger partial charge in [0.2, 0.25) is 5.75 Å². The molecule has 4 rings (SSSR count). The maximum Gasteiger partial charge on any atom is 0.311 e. The first-order valence-corrected chi connectivity index (χ1v) is 13.5. The minimum Gasteiger partial charge on any atom is -0.490 e. The molecule has 202 valence electrons. The van der Waals surface area contributed by atoms with Gasteiger partial charge in [-0.25, -0.2) is 0 Å². The van der Waals surface area contributed by atoms with Gasteiger partial charge in [-0.15, -0.1) is 0 Å². The van der Waals surface area contributed by atoms with E-state index in [9.17, 15) is 10.1 Å². The molecule has 2 saturated heterocycles. The first kappa shape index (κ1) is 28.9. The first-order chi connectivity index (χ1) is 17.4. The van der Waals surface area contributed by atoms with E-state index in [0.717, 1.165) is 57.0 Å². The summed E-state index contributed by atoms with van der Waals surface area (Å²) < 4.78 is 11.6. The Morgan fingerprint density at radius 1 is 1.05 bits per heavy atom. The fraction of sp³-hybridized carbons (Fsp3) is 0.552. The molecule has 0 bridgehead atoms. The van der Waals surface area contributed by atoms with Crippen LogP contribution in [0.15, 0.2) is 42.5 Å². The van der Waals surface area contributed by atoms with Crippen LogP contribution >= 0.6 is 12.2 Å². The van der Waals surface area contributed by atoms with Crippen molar-refractivity contribution in [2.75, 3.05) is 39.3 Å². The number of thiocarbonyl (C=S) groups is 1. The van der Waals surface area contributed by atoms with Crippen molar-refractivity contribution >= 4 is 22.9 Å². The molecule has 2 heterocycles. The van der Waals surface area contributed by atoms with Crippen molar-refractivity contribution in [1.29, 1.82) is 0 Å². The quantitative estimate of drug-likeness (QED) is 0.213.